The minimum Gasteiger partial charge on any atom is -0.306 e. The van der Waals surface area contributed by atoms with Crippen LogP contribution in [-0.2, 0) is 0 Å². The molecular weight excluding hydrogens is 106 g/mol. The van der Waals surface area contributed by atoms with Crippen LogP contribution in [0.2, 0.25) is 0 Å². The van der Waals surface area contributed by atoms with Gasteiger partial charge >= 0.3 is 0 Å². The average Bonchev–Trinajstić information content (AvgIpc) is 1.68. The van der Waals surface area contributed by atoms with Crippen molar-refractivity contribution in [2.45, 2.75) is 25.1 Å². The second-order valence-electron chi connectivity index (χ2n) is 1.88. The van der Waals surface area contributed by atoms with E-state index in [-0.39, 0.29) is 4.87 Å². The van der Waals surface area contributed by atoms with Gasteiger partial charge in [0, 0.05) is 0 Å². The molecule has 0 saturated carbocycles. The van der Waals surface area contributed by atoms with E-state index >= 15 is 0 Å². The van der Waals surface area contributed by atoms with Crippen LogP contribution in [0.15, 0.2) is 0 Å². The van der Waals surface area contributed by atoms with Gasteiger partial charge in [-0.1, -0.05) is 6.92 Å². The van der Waals surface area contributed by atoms with Gasteiger partial charge in [-0.05, 0) is 20.4 Å². The van der Waals surface area contributed by atoms with Crippen molar-refractivity contribution in [3.63, 3.8) is 0 Å². The van der Waals surface area contributed by atoms with Gasteiger partial charge in [-0.25, -0.2) is 0 Å². The Morgan fingerprint density at radius 3 is 2.14 bits per heavy atom. The van der Waals surface area contributed by atoms with E-state index in [9.17, 15) is 0 Å². The van der Waals surface area contributed by atoms with E-state index in [1.54, 1.807) is 0 Å². The molecule has 0 radical (unpaired) electrons. The molecule has 0 fully saturated rings. The molecule has 1 N–H and O–H groups in total. The molecule has 44 valence electrons. The summed E-state index contributed by atoms with van der Waals surface area (Å²) in [5.74, 6) is 0. The highest BCUT2D eigenvalue weighted by Crippen LogP contribution is 2.11. The highest BCUT2D eigenvalue weighted by atomic mass is 32.1. The summed E-state index contributed by atoms with van der Waals surface area (Å²) in [5.41, 5.74) is 0. The van der Waals surface area contributed by atoms with E-state index < -0.39 is 0 Å². The molecule has 0 aromatic carbocycles. The van der Waals surface area contributed by atoms with Crippen molar-refractivity contribution in [1.82, 2.24) is 5.32 Å². The zero-order chi connectivity index (χ0) is 5.91. The van der Waals surface area contributed by atoms with Crippen molar-refractivity contribution in [1.29, 1.82) is 0 Å². The largest absolute Gasteiger partial charge is 0.306 e. The molecule has 0 aliphatic rings. The van der Waals surface area contributed by atoms with Gasteiger partial charge in [0.1, 0.15) is 0 Å². The van der Waals surface area contributed by atoms with Crippen molar-refractivity contribution in [2.24, 2.45) is 0 Å². The van der Waals surface area contributed by atoms with E-state index in [4.69, 9.17) is 0 Å². The number of rotatable bonds is 2. The zero-order valence-corrected chi connectivity index (χ0v) is 6.05. The Bertz CT molecular complexity index is 46.0. The van der Waals surface area contributed by atoms with Crippen LogP contribution in [0.1, 0.15) is 20.3 Å². The number of thiol groups is 1. The molecule has 0 aliphatic carbocycles. The first-order valence-electron chi connectivity index (χ1n) is 2.53. The summed E-state index contributed by atoms with van der Waals surface area (Å²) in [6, 6.07) is 0. The Morgan fingerprint density at radius 1 is 1.71 bits per heavy atom. The number of hydrogen-bond donors (Lipinski definition) is 2. The molecule has 0 aliphatic heterocycles. The zero-order valence-electron chi connectivity index (χ0n) is 5.15. The van der Waals surface area contributed by atoms with E-state index in [1.165, 1.54) is 0 Å². The van der Waals surface area contributed by atoms with Gasteiger partial charge in [-0.15, -0.1) is 0 Å². The fourth-order valence-electron chi connectivity index (χ4n) is 0.177. The van der Waals surface area contributed by atoms with Crippen LogP contribution in [0, 0.1) is 0 Å². The molecule has 2 heteroatoms. The molecular formula is C5H13NS. The molecule has 1 unspecified atom stereocenters. The summed E-state index contributed by atoms with van der Waals surface area (Å²) >= 11 is 4.28. The fraction of sp³-hybridized carbons (Fsp3) is 1.00. The minimum absolute atomic E-state index is 0.0278. The molecule has 7 heavy (non-hydrogen) atoms. The van der Waals surface area contributed by atoms with E-state index in [2.05, 4.69) is 31.8 Å². The standard InChI is InChI=1S/C5H13NS/c1-4-5(2,7)6-3/h6-7H,4H2,1-3H3. The fourth-order valence-corrected chi connectivity index (χ4v) is 0.177. The van der Waals surface area contributed by atoms with Gasteiger partial charge in [0.15, 0.2) is 0 Å². The predicted octanol–water partition coefficient (Wildman–Crippen LogP) is 1.26. The Labute approximate surface area is 50.9 Å². The average molecular weight is 119 g/mol. The van der Waals surface area contributed by atoms with Crippen LogP contribution in [-0.4, -0.2) is 11.9 Å². The molecule has 0 heterocycles. The van der Waals surface area contributed by atoms with Crippen LogP contribution in [0.3, 0.4) is 0 Å². The Hall–Kier alpha value is 0.310. The molecule has 0 amide bonds. The van der Waals surface area contributed by atoms with Crippen molar-refractivity contribution < 1.29 is 0 Å². The van der Waals surface area contributed by atoms with Crippen LogP contribution in [0.5, 0.6) is 0 Å². The summed E-state index contributed by atoms with van der Waals surface area (Å²) in [5, 5.41) is 3.06. The predicted molar refractivity (Wildman–Crippen MR) is 36.7 cm³/mol. The second kappa shape index (κ2) is 2.58. The van der Waals surface area contributed by atoms with Crippen LogP contribution in [0.25, 0.3) is 0 Å². The summed E-state index contributed by atoms with van der Waals surface area (Å²) in [6.07, 6.45) is 1.05. The first-order chi connectivity index (χ1) is 3.12. The van der Waals surface area contributed by atoms with Crippen LogP contribution < -0.4 is 5.32 Å². The topological polar surface area (TPSA) is 12.0 Å². The van der Waals surface area contributed by atoms with Gasteiger partial charge in [-0.3, -0.25) is 0 Å². The highest BCUT2D eigenvalue weighted by Gasteiger charge is 2.10. The lowest BCUT2D eigenvalue weighted by atomic mass is 10.2. The summed E-state index contributed by atoms with van der Waals surface area (Å²) < 4.78 is 0. The smallest absolute Gasteiger partial charge is 0.0581 e. The number of nitrogens with one attached hydrogen (secondary N) is 1. The lowest BCUT2D eigenvalue weighted by molar-refractivity contribution is 0.543. The van der Waals surface area contributed by atoms with Gasteiger partial charge in [-0.2, -0.15) is 12.6 Å². The molecule has 0 saturated heterocycles. The summed E-state index contributed by atoms with van der Waals surface area (Å²) in [6.45, 7) is 4.15. The summed E-state index contributed by atoms with van der Waals surface area (Å²) in [7, 11) is 1.91. The maximum atomic E-state index is 4.28. The molecule has 0 spiro atoms. The third-order valence-electron chi connectivity index (χ3n) is 1.23. The van der Waals surface area contributed by atoms with Crippen molar-refractivity contribution in [3.8, 4) is 0 Å². The maximum absolute atomic E-state index is 4.28. The molecule has 0 rings (SSSR count). The van der Waals surface area contributed by atoms with Gasteiger partial charge in [0.2, 0.25) is 0 Å². The Balaban J connectivity index is 3.36. The first kappa shape index (κ1) is 7.31. The molecule has 1 nitrogen and oxygen atoms in total. The Morgan fingerprint density at radius 2 is 2.14 bits per heavy atom. The Kier molecular flexibility index (Phi) is 2.69. The van der Waals surface area contributed by atoms with Gasteiger partial charge in [0.25, 0.3) is 0 Å². The molecule has 0 aromatic rings. The normalized spacial score (nSPS) is 18.9. The van der Waals surface area contributed by atoms with Crippen molar-refractivity contribution >= 4 is 12.6 Å². The second-order valence-corrected chi connectivity index (χ2v) is 2.86. The van der Waals surface area contributed by atoms with E-state index in [0.29, 0.717) is 0 Å². The number of hydrogen-bond acceptors (Lipinski definition) is 2. The first-order valence-corrected chi connectivity index (χ1v) is 2.98. The minimum atomic E-state index is 0.0278. The molecule has 0 aromatic heterocycles. The van der Waals surface area contributed by atoms with E-state index in [1.807, 2.05) is 7.05 Å². The third-order valence-corrected chi connectivity index (χ3v) is 1.77. The van der Waals surface area contributed by atoms with Crippen molar-refractivity contribution in [2.75, 3.05) is 7.05 Å². The van der Waals surface area contributed by atoms with Gasteiger partial charge in [0.05, 0.1) is 4.87 Å². The monoisotopic (exact) mass is 119 g/mol. The van der Waals surface area contributed by atoms with E-state index in [0.717, 1.165) is 6.42 Å². The SMILES string of the molecule is CCC(C)(S)NC. The third kappa shape index (κ3) is 2.94. The summed E-state index contributed by atoms with van der Waals surface area (Å²) in [4.78, 5) is 0.0278. The molecule has 1 atom stereocenters. The lowest BCUT2D eigenvalue weighted by Gasteiger charge is -2.19. The molecule has 0 bridgehead atoms. The van der Waals surface area contributed by atoms with Gasteiger partial charge < -0.3 is 5.32 Å². The highest BCUT2D eigenvalue weighted by molar-refractivity contribution is 7.81. The lowest BCUT2D eigenvalue weighted by Crippen LogP contribution is -2.32. The quantitative estimate of drug-likeness (QED) is 0.412. The van der Waals surface area contributed by atoms with Crippen LogP contribution in [0.4, 0.5) is 0 Å². The maximum Gasteiger partial charge on any atom is 0.0581 e. The van der Waals surface area contributed by atoms with Crippen molar-refractivity contribution in [3.05, 3.63) is 0 Å². The van der Waals surface area contributed by atoms with Crippen LogP contribution >= 0.6 is 12.6 Å².